The van der Waals surface area contributed by atoms with E-state index in [0.717, 1.165) is 23.9 Å². The molecule has 0 radical (unpaired) electrons. The molecule has 0 aliphatic heterocycles. The average Bonchev–Trinajstić information content (AvgIpc) is 2.38. The highest BCUT2D eigenvalue weighted by Gasteiger charge is 2.21. The van der Waals surface area contributed by atoms with Gasteiger partial charge in [0.15, 0.2) is 5.43 Å². The zero-order chi connectivity index (χ0) is 14.0. The molecular weight excluding hydrogens is 256 g/mol. The highest BCUT2D eigenvalue weighted by atomic mass is 32.1. The number of para-hydroxylation sites is 1. The third kappa shape index (κ3) is 2.84. The fourth-order valence-corrected chi connectivity index (χ4v) is 2.08. The van der Waals surface area contributed by atoms with Crippen LogP contribution in [0.25, 0.3) is 10.9 Å². The van der Waals surface area contributed by atoms with Gasteiger partial charge >= 0.3 is 0 Å². The lowest BCUT2D eigenvalue weighted by molar-refractivity contribution is 0.439. The lowest BCUT2D eigenvalue weighted by Gasteiger charge is -2.24. The summed E-state index contributed by atoms with van der Waals surface area (Å²) < 4.78 is 2.08. The minimum atomic E-state index is -0.181. The van der Waals surface area contributed by atoms with E-state index in [9.17, 15) is 4.79 Å². The zero-order valence-corrected chi connectivity index (χ0v) is 12.0. The predicted octanol–water partition coefficient (Wildman–Crippen LogP) is 2.70. The van der Waals surface area contributed by atoms with Crippen LogP contribution >= 0.6 is 12.2 Å². The summed E-state index contributed by atoms with van der Waals surface area (Å²) in [7, 11) is 0. The smallest absolute Gasteiger partial charge is 0.189 e. The van der Waals surface area contributed by atoms with Crippen LogP contribution in [0.3, 0.4) is 0 Å². The maximum Gasteiger partial charge on any atom is 0.189 e. The molecule has 0 saturated carbocycles. The summed E-state index contributed by atoms with van der Waals surface area (Å²) in [5.41, 5.74) is 6.57. The van der Waals surface area contributed by atoms with E-state index in [1.54, 1.807) is 6.07 Å². The Hall–Kier alpha value is -1.68. The van der Waals surface area contributed by atoms with Crippen molar-refractivity contribution in [2.75, 3.05) is 0 Å². The highest BCUT2D eigenvalue weighted by molar-refractivity contribution is 7.80. The van der Waals surface area contributed by atoms with E-state index in [-0.39, 0.29) is 10.8 Å². The predicted molar refractivity (Wildman–Crippen MR) is 83.4 cm³/mol. The van der Waals surface area contributed by atoms with Crippen molar-refractivity contribution in [2.45, 2.75) is 26.8 Å². The van der Waals surface area contributed by atoms with Crippen LogP contribution < -0.4 is 11.2 Å². The number of benzene rings is 1. The molecule has 0 amide bonds. The van der Waals surface area contributed by atoms with Crippen LogP contribution in [0.1, 0.15) is 20.3 Å². The maximum atomic E-state index is 11.8. The fourth-order valence-electron chi connectivity index (χ4n) is 1.98. The Kier molecular flexibility index (Phi) is 3.71. The Labute approximate surface area is 118 Å². The van der Waals surface area contributed by atoms with Crippen molar-refractivity contribution in [3.63, 3.8) is 0 Å². The van der Waals surface area contributed by atoms with Gasteiger partial charge in [-0.3, -0.25) is 4.79 Å². The van der Waals surface area contributed by atoms with Gasteiger partial charge in [-0.2, -0.15) is 0 Å². The average molecular weight is 274 g/mol. The second-order valence-corrected chi connectivity index (χ2v) is 5.83. The first-order chi connectivity index (χ1) is 8.92. The molecule has 1 aromatic heterocycles. The first-order valence-electron chi connectivity index (χ1n) is 6.30. The van der Waals surface area contributed by atoms with Crippen LogP contribution in [-0.2, 0) is 6.54 Å². The minimum Gasteiger partial charge on any atom is -0.393 e. The lowest BCUT2D eigenvalue weighted by Crippen LogP contribution is -2.31. The van der Waals surface area contributed by atoms with Crippen molar-refractivity contribution in [3.05, 3.63) is 46.8 Å². The number of fused-ring (bicyclic) bond motifs is 1. The van der Waals surface area contributed by atoms with Crippen LogP contribution in [0.4, 0.5) is 0 Å². The molecule has 0 aliphatic carbocycles. The molecule has 1 heterocycles. The third-order valence-electron chi connectivity index (χ3n) is 3.53. The van der Waals surface area contributed by atoms with Gasteiger partial charge in [0, 0.05) is 29.6 Å². The molecule has 0 aliphatic rings. The Balaban J connectivity index is 2.35. The first-order valence-corrected chi connectivity index (χ1v) is 6.71. The van der Waals surface area contributed by atoms with E-state index < -0.39 is 0 Å². The van der Waals surface area contributed by atoms with Crippen LogP contribution in [0.5, 0.6) is 0 Å². The number of hydrogen-bond acceptors (Lipinski definition) is 2. The molecule has 0 spiro atoms. The molecule has 2 rings (SSSR count). The summed E-state index contributed by atoms with van der Waals surface area (Å²) in [6.45, 7) is 4.87. The van der Waals surface area contributed by atoms with E-state index in [2.05, 4.69) is 4.57 Å². The summed E-state index contributed by atoms with van der Waals surface area (Å²) >= 11 is 5.08. The molecule has 100 valence electrons. The van der Waals surface area contributed by atoms with Gasteiger partial charge in [0.1, 0.15) is 0 Å². The summed E-state index contributed by atoms with van der Waals surface area (Å²) in [5.74, 6) is 0. The van der Waals surface area contributed by atoms with Crippen LogP contribution in [0.2, 0.25) is 0 Å². The fraction of sp³-hybridized carbons (Fsp3) is 0.333. The number of pyridine rings is 1. The number of rotatable bonds is 4. The van der Waals surface area contributed by atoms with Gasteiger partial charge in [-0.05, 0) is 18.6 Å². The number of thiocarbonyl (C=S) groups is 1. The largest absolute Gasteiger partial charge is 0.393 e. The van der Waals surface area contributed by atoms with Crippen molar-refractivity contribution >= 4 is 28.1 Å². The molecule has 2 N–H and O–H groups in total. The quantitative estimate of drug-likeness (QED) is 0.872. The second kappa shape index (κ2) is 5.13. The highest BCUT2D eigenvalue weighted by Crippen LogP contribution is 2.22. The zero-order valence-electron chi connectivity index (χ0n) is 11.2. The maximum absolute atomic E-state index is 11.8. The van der Waals surface area contributed by atoms with E-state index >= 15 is 0 Å². The molecule has 0 saturated heterocycles. The molecule has 19 heavy (non-hydrogen) atoms. The van der Waals surface area contributed by atoms with Gasteiger partial charge < -0.3 is 10.3 Å². The van der Waals surface area contributed by atoms with Crippen molar-refractivity contribution in [1.82, 2.24) is 4.57 Å². The van der Waals surface area contributed by atoms with E-state index in [1.165, 1.54) is 0 Å². The summed E-state index contributed by atoms with van der Waals surface area (Å²) in [6, 6.07) is 9.25. The molecule has 0 fully saturated rings. The van der Waals surface area contributed by atoms with Crippen LogP contribution in [0.15, 0.2) is 41.3 Å². The number of aryl methyl sites for hydroxylation is 1. The SMILES string of the molecule is CC(C)(CCn1ccc(=O)c2ccccc21)C(N)=S. The molecule has 3 nitrogen and oxygen atoms in total. The first kappa shape index (κ1) is 13.7. The van der Waals surface area contributed by atoms with Gasteiger partial charge in [0.25, 0.3) is 0 Å². The number of hydrogen-bond donors (Lipinski definition) is 1. The van der Waals surface area contributed by atoms with Gasteiger partial charge in [-0.15, -0.1) is 0 Å². The van der Waals surface area contributed by atoms with E-state index in [4.69, 9.17) is 18.0 Å². The van der Waals surface area contributed by atoms with E-state index in [1.807, 2.05) is 44.3 Å². The molecule has 0 unspecified atom stereocenters. The summed E-state index contributed by atoms with van der Waals surface area (Å²) in [4.78, 5) is 12.3. The molecular formula is C15H18N2OS. The van der Waals surface area contributed by atoms with E-state index in [0.29, 0.717) is 4.99 Å². The number of nitrogens with zero attached hydrogens (tertiary/aromatic N) is 1. The molecule has 4 heteroatoms. The molecule has 0 bridgehead atoms. The van der Waals surface area contributed by atoms with Crippen molar-refractivity contribution in [3.8, 4) is 0 Å². The lowest BCUT2D eigenvalue weighted by atomic mass is 9.89. The summed E-state index contributed by atoms with van der Waals surface area (Å²) in [6.07, 6.45) is 2.68. The van der Waals surface area contributed by atoms with Gasteiger partial charge in [0.2, 0.25) is 0 Å². The Morgan fingerprint density at radius 3 is 2.68 bits per heavy atom. The monoisotopic (exact) mass is 274 g/mol. The van der Waals surface area contributed by atoms with Crippen molar-refractivity contribution in [1.29, 1.82) is 0 Å². The Morgan fingerprint density at radius 2 is 2.00 bits per heavy atom. The molecule has 1 aromatic carbocycles. The van der Waals surface area contributed by atoms with Gasteiger partial charge in [-0.25, -0.2) is 0 Å². The van der Waals surface area contributed by atoms with Gasteiger partial charge in [0.05, 0.1) is 10.5 Å². The van der Waals surface area contributed by atoms with Crippen molar-refractivity contribution in [2.24, 2.45) is 11.1 Å². The molecule has 2 aromatic rings. The normalized spacial score (nSPS) is 11.7. The number of aromatic nitrogens is 1. The standard InChI is InChI=1S/C15H18N2OS/c1-15(2,14(16)19)8-10-17-9-7-13(18)11-5-3-4-6-12(11)17/h3-7,9H,8,10H2,1-2H3,(H2,16,19). The van der Waals surface area contributed by atoms with Crippen LogP contribution in [-0.4, -0.2) is 9.56 Å². The summed E-state index contributed by atoms with van der Waals surface area (Å²) in [5, 5.41) is 0.748. The van der Waals surface area contributed by atoms with Crippen molar-refractivity contribution < 1.29 is 0 Å². The number of nitrogens with two attached hydrogens (primary N) is 1. The van der Waals surface area contributed by atoms with Gasteiger partial charge in [-0.1, -0.05) is 38.2 Å². The Morgan fingerprint density at radius 1 is 1.32 bits per heavy atom. The van der Waals surface area contributed by atoms with Crippen LogP contribution in [0, 0.1) is 5.41 Å². The third-order valence-corrected chi connectivity index (χ3v) is 4.08. The second-order valence-electron chi connectivity index (χ2n) is 5.39. The Bertz CT molecular complexity index is 673. The minimum absolute atomic E-state index is 0.0560. The molecule has 0 atom stereocenters. The topological polar surface area (TPSA) is 48.0 Å².